The minimum absolute atomic E-state index is 0.0631. The number of aromatic amines is 1. The van der Waals surface area contributed by atoms with Crippen LogP contribution < -0.4 is 10.0 Å². The highest BCUT2D eigenvalue weighted by molar-refractivity contribution is 7.92. The van der Waals surface area contributed by atoms with E-state index in [1.54, 1.807) is 13.8 Å². The summed E-state index contributed by atoms with van der Waals surface area (Å²) in [6, 6.07) is 6.31. The molecule has 0 spiro atoms. The Morgan fingerprint density at radius 1 is 1.08 bits per heavy atom. The number of hydrogen-bond donors (Lipinski definition) is 3. The summed E-state index contributed by atoms with van der Waals surface area (Å²) in [4.78, 5) is 4.03. The summed E-state index contributed by atoms with van der Waals surface area (Å²) in [5.41, 5.74) is 0.620. The molecule has 0 aliphatic heterocycles. The van der Waals surface area contributed by atoms with Gasteiger partial charge in [0.1, 0.15) is 28.0 Å². The van der Waals surface area contributed by atoms with Crippen molar-refractivity contribution in [3.05, 3.63) is 59.6 Å². The highest BCUT2D eigenvalue weighted by Gasteiger charge is 2.22. The lowest BCUT2D eigenvalue weighted by Gasteiger charge is -2.10. The number of aromatic nitrogens is 3. The Kier molecular flexibility index (Phi) is 4.60. The number of para-hydroxylation sites is 1. The van der Waals surface area contributed by atoms with E-state index in [1.165, 1.54) is 24.4 Å². The van der Waals surface area contributed by atoms with Gasteiger partial charge in [0.05, 0.1) is 23.3 Å². The highest BCUT2D eigenvalue weighted by atomic mass is 32.2. The number of nitrogens with zero attached hydrogens (tertiary/aromatic N) is 2. The van der Waals surface area contributed by atoms with Crippen molar-refractivity contribution in [1.29, 1.82) is 0 Å². The van der Waals surface area contributed by atoms with Gasteiger partial charge >= 0.3 is 0 Å². The number of hydrogen-bond acceptors (Lipinski definition) is 5. The number of rotatable bonds is 5. The summed E-state index contributed by atoms with van der Waals surface area (Å²) < 4.78 is 54.6. The van der Waals surface area contributed by atoms with Crippen LogP contribution in [0.25, 0.3) is 0 Å². The van der Waals surface area contributed by atoms with Crippen LogP contribution in [-0.2, 0) is 10.0 Å². The van der Waals surface area contributed by atoms with E-state index < -0.39 is 21.7 Å². The summed E-state index contributed by atoms with van der Waals surface area (Å²) in [6.45, 7) is 3.18. The van der Waals surface area contributed by atoms with Gasteiger partial charge in [-0.25, -0.2) is 22.2 Å². The van der Waals surface area contributed by atoms with E-state index in [-0.39, 0.29) is 22.1 Å². The number of sulfonamides is 1. The molecule has 0 aliphatic rings. The van der Waals surface area contributed by atoms with Crippen molar-refractivity contribution in [3.63, 3.8) is 0 Å². The largest absolute Gasteiger partial charge is 0.335 e. The van der Waals surface area contributed by atoms with Crippen LogP contribution in [0, 0.1) is 25.5 Å². The first-order valence-electron chi connectivity index (χ1n) is 7.49. The molecule has 0 amide bonds. The first-order valence-corrected chi connectivity index (χ1v) is 8.98. The fraction of sp³-hybridized carbons (Fsp3) is 0.125. The molecule has 0 fully saturated rings. The normalized spacial score (nSPS) is 11.4. The van der Waals surface area contributed by atoms with Gasteiger partial charge in [0, 0.05) is 0 Å². The van der Waals surface area contributed by atoms with Crippen molar-refractivity contribution < 1.29 is 17.2 Å². The molecule has 2 heterocycles. The molecule has 0 aliphatic carbocycles. The van der Waals surface area contributed by atoms with Gasteiger partial charge in [-0.2, -0.15) is 5.10 Å². The summed E-state index contributed by atoms with van der Waals surface area (Å²) in [5.74, 6) is -1.36. The molecule has 0 saturated heterocycles. The molecule has 3 aromatic rings. The zero-order valence-electron chi connectivity index (χ0n) is 13.8. The number of pyridine rings is 1. The van der Waals surface area contributed by atoms with Crippen molar-refractivity contribution in [1.82, 2.24) is 15.2 Å². The minimum atomic E-state index is -3.84. The smallest absolute Gasteiger partial charge is 0.265 e. The second-order valence-corrected chi connectivity index (χ2v) is 7.14. The zero-order valence-corrected chi connectivity index (χ0v) is 14.7. The lowest BCUT2D eigenvalue weighted by molar-refractivity contribution is 0.590. The van der Waals surface area contributed by atoms with Gasteiger partial charge in [0.2, 0.25) is 0 Å². The molecule has 7 nitrogen and oxygen atoms in total. The van der Waals surface area contributed by atoms with Crippen molar-refractivity contribution in [3.8, 4) is 0 Å². The highest BCUT2D eigenvalue weighted by Crippen LogP contribution is 2.24. The van der Waals surface area contributed by atoms with Crippen LogP contribution in [0.3, 0.4) is 0 Å². The van der Waals surface area contributed by atoms with E-state index in [1.807, 2.05) is 0 Å². The quantitative estimate of drug-likeness (QED) is 0.632. The van der Waals surface area contributed by atoms with Crippen LogP contribution in [0.4, 0.5) is 26.0 Å². The maximum absolute atomic E-state index is 13.6. The first-order chi connectivity index (χ1) is 12.3. The van der Waals surface area contributed by atoms with Crippen LogP contribution in [0.5, 0.6) is 0 Å². The number of halogens is 2. The molecule has 0 bridgehead atoms. The third-order valence-electron chi connectivity index (χ3n) is 3.56. The second kappa shape index (κ2) is 6.71. The molecular formula is C16H15F2N5O2S. The molecule has 0 saturated carbocycles. The molecule has 136 valence electrons. The van der Waals surface area contributed by atoms with Gasteiger partial charge in [0.25, 0.3) is 10.0 Å². The fourth-order valence-electron chi connectivity index (χ4n) is 2.42. The second-order valence-electron chi connectivity index (χ2n) is 5.52. The van der Waals surface area contributed by atoms with Crippen molar-refractivity contribution in [2.45, 2.75) is 18.7 Å². The Bertz CT molecular complexity index is 1010. The molecule has 10 heteroatoms. The number of H-pyrrole nitrogens is 1. The van der Waals surface area contributed by atoms with E-state index in [9.17, 15) is 17.2 Å². The minimum Gasteiger partial charge on any atom is -0.335 e. The summed E-state index contributed by atoms with van der Waals surface area (Å²) in [5, 5.41) is 8.99. The van der Waals surface area contributed by atoms with Crippen LogP contribution in [0.2, 0.25) is 0 Å². The van der Waals surface area contributed by atoms with Gasteiger partial charge in [-0.3, -0.25) is 9.82 Å². The van der Waals surface area contributed by atoms with Gasteiger partial charge < -0.3 is 5.32 Å². The molecule has 0 atom stereocenters. The molecule has 2 aromatic heterocycles. The average molecular weight is 379 g/mol. The van der Waals surface area contributed by atoms with Crippen LogP contribution in [-0.4, -0.2) is 23.6 Å². The predicted octanol–water partition coefficient (Wildman–Crippen LogP) is 3.24. The molecule has 1 aromatic carbocycles. The van der Waals surface area contributed by atoms with E-state index >= 15 is 0 Å². The maximum Gasteiger partial charge on any atom is 0.265 e. The van der Waals surface area contributed by atoms with E-state index in [4.69, 9.17) is 0 Å². The van der Waals surface area contributed by atoms with Crippen LogP contribution >= 0.6 is 0 Å². The van der Waals surface area contributed by atoms with Gasteiger partial charge in [-0.15, -0.1) is 0 Å². The van der Waals surface area contributed by atoms with Gasteiger partial charge in [-0.1, -0.05) is 6.07 Å². The summed E-state index contributed by atoms with van der Waals surface area (Å²) in [7, 11) is -3.84. The van der Waals surface area contributed by atoms with Crippen molar-refractivity contribution >= 4 is 27.2 Å². The molecule has 3 rings (SSSR count). The molecule has 3 N–H and O–H groups in total. The Labute approximate surface area is 148 Å². The summed E-state index contributed by atoms with van der Waals surface area (Å²) in [6.07, 6.45) is 1.24. The van der Waals surface area contributed by atoms with Crippen molar-refractivity contribution in [2.24, 2.45) is 0 Å². The molecule has 0 radical (unpaired) electrons. The third kappa shape index (κ3) is 3.49. The van der Waals surface area contributed by atoms with Crippen LogP contribution in [0.1, 0.15) is 11.4 Å². The molecule has 26 heavy (non-hydrogen) atoms. The molecular weight excluding hydrogens is 364 g/mol. The zero-order chi connectivity index (χ0) is 18.9. The number of anilines is 3. The Morgan fingerprint density at radius 2 is 1.77 bits per heavy atom. The summed E-state index contributed by atoms with van der Waals surface area (Å²) >= 11 is 0. The maximum atomic E-state index is 13.6. The first kappa shape index (κ1) is 17.8. The average Bonchev–Trinajstić information content (AvgIpc) is 2.92. The van der Waals surface area contributed by atoms with E-state index in [0.717, 1.165) is 12.1 Å². The van der Waals surface area contributed by atoms with Crippen LogP contribution in [0.15, 0.2) is 41.4 Å². The van der Waals surface area contributed by atoms with Crippen molar-refractivity contribution in [2.75, 3.05) is 10.0 Å². The van der Waals surface area contributed by atoms with E-state index in [0.29, 0.717) is 11.4 Å². The Morgan fingerprint density at radius 3 is 2.31 bits per heavy atom. The topological polar surface area (TPSA) is 99.8 Å². The lowest BCUT2D eigenvalue weighted by atomic mass is 10.3. The lowest BCUT2D eigenvalue weighted by Crippen LogP contribution is -2.14. The van der Waals surface area contributed by atoms with Gasteiger partial charge in [-0.05, 0) is 38.1 Å². The number of nitrogens with one attached hydrogen (secondary N) is 3. The fourth-order valence-corrected chi connectivity index (χ4v) is 3.83. The van der Waals surface area contributed by atoms with Gasteiger partial charge in [0.15, 0.2) is 0 Å². The third-order valence-corrected chi connectivity index (χ3v) is 5.20. The van der Waals surface area contributed by atoms with E-state index in [2.05, 4.69) is 25.2 Å². The SMILES string of the molecule is Cc1n[nH]c(C)c1S(=O)(=O)Nc1ccc(Nc2c(F)cccc2F)nc1. The standard InChI is InChI=1S/C16H15F2N5O2S/c1-9-16(10(2)22-21-9)26(24,25)23-11-6-7-14(19-8-11)20-15-12(17)4-3-5-13(15)18/h3-8,23H,1-2H3,(H,19,20)(H,21,22). The monoisotopic (exact) mass is 379 g/mol. The number of aryl methyl sites for hydroxylation is 2. The Hall–Kier alpha value is -3.01. The predicted molar refractivity (Wildman–Crippen MR) is 92.7 cm³/mol. The molecule has 0 unspecified atom stereocenters. The Balaban J connectivity index is 1.80. The number of benzene rings is 1.